The number of likely N-dealkylation sites (tertiary alicyclic amines) is 1. The number of carbonyl (C=O) groups is 6. The highest BCUT2D eigenvalue weighted by Gasteiger charge is 2.38. The van der Waals surface area contributed by atoms with Crippen LogP contribution in [0.4, 0.5) is 4.79 Å². The van der Waals surface area contributed by atoms with Crippen LogP contribution in [0.25, 0.3) is 0 Å². The van der Waals surface area contributed by atoms with Crippen molar-refractivity contribution in [3.05, 3.63) is 0 Å². The Bertz CT molecular complexity index is 910. The van der Waals surface area contributed by atoms with E-state index in [4.69, 9.17) is 4.74 Å². The molecule has 0 saturated carbocycles. The number of amides is 6. The average Bonchev–Trinajstić information content (AvgIpc) is 3.36. The molecule has 40 heavy (non-hydrogen) atoms. The highest BCUT2D eigenvalue weighted by atomic mass is 32.2. The Labute approximate surface area is 241 Å². The van der Waals surface area contributed by atoms with E-state index < -0.39 is 54.1 Å². The Morgan fingerprint density at radius 1 is 1.02 bits per heavy atom. The lowest BCUT2D eigenvalue weighted by Gasteiger charge is -2.30. The van der Waals surface area contributed by atoms with Gasteiger partial charge in [0, 0.05) is 25.8 Å². The summed E-state index contributed by atoms with van der Waals surface area (Å²) in [6, 6.07) is -2.60. The quantitative estimate of drug-likeness (QED) is 0.144. The summed E-state index contributed by atoms with van der Waals surface area (Å²) in [6.45, 7) is 12.3. The summed E-state index contributed by atoms with van der Waals surface area (Å²) < 4.78 is 5.13. The fourth-order valence-corrected chi connectivity index (χ4v) is 4.84. The van der Waals surface area contributed by atoms with Crippen LogP contribution in [0.5, 0.6) is 0 Å². The van der Waals surface area contributed by atoms with Crippen LogP contribution in [0.15, 0.2) is 0 Å². The predicted octanol–water partition coefficient (Wildman–Crippen LogP) is 0.481. The van der Waals surface area contributed by atoms with Gasteiger partial charge in [-0.3, -0.25) is 24.0 Å². The zero-order valence-corrected chi connectivity index (χ0v) is 25.5. The van der Waals surface area contributed by atoms with Crippen LogP contribution in [-0.4, -0.2) is 95.5 Å². The molecule has 0 aromatic heterocycles. The molecular formula is C26H46N6O7S. The Kier molecular flexibility index (Phi) is 14.8. The normalized spacial score (nSPS) is 17.2. The first kappa shape index (κ1) is 35.0. The summed E-state index contributed by atoms with van der Waals surface area (Å²) in [5.41, 5.74) is -0.731. The molecule has 1 fully saturated rings. The number of hydrogen-bond donors (Lipinski definition) is 5. The van der Waals surface area contributed by atoms with Crippen molar-refractivity contribution in [2.24, 2.45) is 5.92 Å². The first-order chi connectivity index (χ1) is 18.7. The number of rotatable bonds is 14. The summed E-state index contributed by atoms with van der Waals surface area (Å²) in [5.74, 6) is -1.94. The van der Waals surface area contributed by atoms with Crippen molar-refractivity contribution in [1.82, 2.24) is 31.5 Å². The van der Waals surface area contributed by atoms with Crippen LogP contribution in [0.3, 0.4) is 0 Å². The highest BCUT2D eigenvalue weighted by Crippen LogP contribution is 2.20. The third kappa shape index (κ3) is 12.4. The molecule has 1 aliphatic heterocycles. The van der Waals surface area contributed by atoms with Gasteiger partial charge in [-0.25, -0.2) is 4.79 Å². The van der Waals surface area contributed by atoms with E-state index in [1.54, 1.807) is 34.6 Å². The number of carbonyl (C=O) groups excluding carboxylic acids is 6. The molecule has 0 radical (unpaired) electrons. The van der Waals surface area contributed by atoms with E-state index in [0.29, 0.717) is 32.4 Å². The van der Waals surface area contributed by atoms with Crippen molar-refractivity contribution in [3.8, 4) is 0 Å². The maximum Gasteiger partial charge on any atom is 0.408 e. The number of hydrogen-bond acceptors (Lipinski definition) is 8. The molecule has 13 nitrogen and oxygen atoms in total. The number of alkyl carbamates (subject to hydrolysis) is 1. The van der Waals surface area contributed by atoms with Gasteiger partial charge in [0.1, 0.15) is 30.3 Å². The van der Waals surface area contributed by atoms with Crippen LogP contribution >= 0.6 is 11.8 Å². The molecule has 1 rings (SSSR count). The zero-order valence-electron chi connectivity index (χ0n) is 24.7. The Hall–Kier alpha value is -3.03. The third-order valence-electron chi connectivity index (χ3n) is 6.12. The smallest absolute Gasteiger partial charge is 0.408 e. The molecule has 4 atom stereocenters. The monoisotopic (exact) mass is 586 g/mol. The third-order valence-corrected chi connectivity index (χ3v) is 7.03. The van der Waals surface area contributed by atoms with Gasteiger partial charge < -0.3 is 36.2 Å². The van der Waals surface area contributed by atoms with Gasteiger partial charge in [-0.05, 0) is 46.5 Å². The standard InChI is InChI=1S/C26H46N6O7S/c1-8-16(3)21(31-20(34)13-28-25(38)39-26(5,6)7)23(36)30-18(14-40-15-29-17(4)33)24(37)32-12-10-11-19(32)22(35)27-9-2/h16,18-19,21H,8-15H2,1-7H3,(H,27,35)(H,28,38)(H,29,33)(H,30,36)(H,31,34)/t16-,18-,19-,21-/m0/s1. The average molecular weight is 587 g/mol. The van der Waals surface area contributed by atoms with Crippen molar-refractivity contribution >= 4 is 47.4 Å². The van der Waals surface area contributed by atoms with Gasteiger partial charge in [0.15, 0.2) is 0 Å². The van der Waals surface area contributed by atoms with Gasteiger partial charge in [0.2, 0.25) is 29.5 Å². The molecule has 0 bridgehead atoms. The van der Waals surface area contributed by atoms with E-state index in [9.17, 15) is 28.8 Å². The number of thioether (sulfide) groups is 1. The fourth-order valence-electron chi connectivity index (χ4n) is 3.95. The lowest BCUT2D eigenvalue weighted by molar-refractivity contribution is -0.141. The lowest BCUT2D eigenvalue weighted by atomic mass is 9.98. The largest absolute Gasteiger partial charge is 0.444 e. The molecule has 0 spiro atoms. The van der Waals surface area contributed by atoms with Crippen molar-refractivity contribution in [3.63, 3.8) is 0 Å². The van der Waals surface area contributed by atoms with E-state index in [0.717, 1.165) is 0 Å². The molecule has 0 aliphatic carbocycles. The molecule has 0 aromatic rings. The van der Waals surface area contributed by atoms with E-state index >= 15 is 0 Å². The van der Waals surface area contributed by atoms with Crippen molar-refractivity contribution in [2.45, 2.75) is 91.5 Å². The van der Waals surface area contributed by atoms with Gasteiger partial charge >= 0.3 is 6.09 Å². The Morgan fingerprint density at radius 3 is 2.27 bits per heavy atom. The second-order valence-electron chi connectivity index (χ2n) is 10.7. The number of ether oxygens (including phenoxy) is 1. The van der Waals surface area contributed by atoms with E-state index in [1.807, 2.05) is 6.92 Å². The molecule has 6 amide bonds. The molecule has 1 aliphatic rings. The predicted molar refractivity (Wildman–Crippen MR) is 152 cm³/mol. The SMILES string of the molecule is CCNC(=O)[C@@H]1CCCN1C(=O)[C@H](CSCNC(C)=O)NC(=O)[C@@H](NC(=O)CNC(=O)OC(C)(C)C)[C@@H](C)CC. The molecule has 0 unspecified atom stereocenters. The van der Waals surface area contributed by atoms with Crippen molar-refractivity contribution < 1.29 is 33.5 Å². The van der Waals surface area contributed by atoms with Gasteiger partial charge in [-0.1, -0.05) is 20.3 Å². The van der Waals surface area contributed by atoms with Gasteiger partial charge in [-0.2, -0.15) is 0 Å². The summed E-state index contributed by atoms with van der Waals surface area (Å²) in [5, 5.41) is 13.2. The molecule has 0 aromatic carbocycles. The minimum atomic E-state index is -0.996. The Balaban J connectivity index is 3.00. The highest BCUT2D eigenvalue weighted by molar-refractivity contribution is 7.99. The van der Waals surface area contributed by atoms with E-state index in [-0.39, 0.29) is 29.4 Å². The first-order valence-corrected chi connectivity index (χ1v) is 14.8. The summed E-state index contributed by atoms with van der Waals surface area (Å²) in [7, 11) is 0. The van der Waals surface area contributed by atoms with Crippen LogP contribution in [0.1, 0.15) is 67.7 Å². The van der Waals surface area contributed by atoms with Crippen molar-refractivity contribution in [1.29, 1.82) is 0 Å². The van der Waals surface area contributed by atoms with Gasteiger partial charge in [0.25, 0.3) is 0 Å². The molecule has 1 saturated heterocycles. The second kappa shape index (κ2) is 16.9. The summed E-state index contributed by atoms with van der Waals surface area (Å²) in [4.78, 5) is 76.8. The maximum absolute atomic E-state index is 13.6. The molecule has 5 N–H and O–H groups in total. The zero-order chi connectivity index (χ0) is 30.5. The van der Waals surface area contributed by atoms with Crippen LogP contribution in [-0.2, 0) is 28.7 Å². The minimum absolute atomic E-state index is 0.144. The van der Waals surface area contributed by atoms with Gasteiger partial charge in [0.05, 0.1) is 5.88 Å². The summed E-state index contributed by atoms with van der Waals surface area (Å²) in [6.07, 6.45) is 0.970. The van der Waals surface area contributed by atoms with E-state index in [1.165, 1.54) is 23.6 Å². The molecule has 1 heterocycles. The van der Waals surface area contributed by atoms with Crippen LogP contribution in [0, 0.1) is 5.92 Å². The van der Waals surface area contributed by atoms with Crippen molar-refractivity contribution in [2.75, 3.05) is 31.3 Å². The maximum atomic E-state index is 13.6. The molecule has 228 valence electrons. The number of likely N-dealkylation sites (N-methyl/N-ethyl adjacent to an activating group) is 1. The Morgan fingerprint density at radius 2 is 1.70 bits per heavy atom. The topological polar surface area (TPSA) is 175 Å². The molecule has 14 heteroatoms. The lowest BCUT2D eigenvalue weighted by Crippen LogP contribution is -2.59. The first-order valence-electron chi connectivity index (χ1n) is 13.7. The van der Waals surface area contributed by atoms with Crippen LogP contribution < -0.4 is 26.6 Å². The molecular weight excluding hydrogens is 540 g/mol. The fraction of sp³-hybridized carbons (Fsp3) is 0.769. The summed E-state index contributed by atoms with van der Waals surface area (Å²) >= 11 is 1.25. The van der Waals surface area contributed by atoms with Gasteiger partial charge in [-0.15, -0.1) is 11.8 Å². The second-order valence-corrected chi connectivity index (χ2v) is 11.7. The number of nitrogens with zero attached hydrogens (tertiary/aromatic N) is 1. The minimum Gasteiger partial charge on any atom is -0.444 e. The van der Waals surface area contributed by atoms with Crippen LogP contribution in [0.2, 0.25) is 0 Å². The van der Waals surface area contributed by atoms with E-state index in [2.05, 4.69) is 26.6 Å². The number of nitrogens with one attached hydrogen (secondary N) is 5.